The number of carbonyl (C=O) groups excluding carboxylic acids is 1. The standard InChI is InChI=1S/C18H21NOS/c1-2-15-8-10-17(11-9-15)19-18(20)12-13-21-14-16-6-4-3-5-7-16/h3-11H,2,12-14H2,1H3,(H,19,20). The van der Waals surface area contributed by atoms with Gasteiger partial charge in [-0.15, -0.1) is 0 Å². The zero-order valence-corrected chi connectivity index (χ0v) is 13.2. The Morgan fingerprint density at radius 3 is 2.38 bits per heavy atom. The van der Waals surface area contributed by atoms with Gasteiger partial charge in [-0.3, -0.25) is 4.79 Å². The first kappa shape index (κ1) is 15.6. The average Bonchev–Trinajstić information content (AvgIpc) is 2.53. The third-order valence-electron chi connectivity index (χ3n) is 3.23. The maximum Gasteiger partial charge on any atom is 0.225 e. The van der Waals surface area contributed by atoms with Gasteiger partial charge in [0.25, 0.3) is 0 Å². The highest BCUT2D eigenvalue weighted by Crippen LogP contribution is 2.14. The number of hydrogen-bond acceptors (Lipinski definition) is 2. The molecule has 0 aromatic heterocycles. The third-order valence-corrected chi connectivity index (χ3v) is 4.26. The molecule has 0 fully saturated rings. The maximum atomic E-state index is 11.9. The lowest BCUT2D eigenvalue weighted by molar-refractivity contribution is -0.115. The van der Waals surface area contributed by atoms with Gasteiger partial charge in [-0.25, -0.2) is 0 Å². The minimum absolute atomic E-state index is 0.0832. The molecule has 0 saturated heterocycles. The molecular weight excluding hydrogens is 278 g/mol. The highest BCUT2D eigenvalue weighted by Gasteiger charge is 2.02. The maximum absolute atomic E-state index is 11.9. The van der Waals surface area contributed by atoms with Crippen LogP contribution in [0.4, 0.5) is 5.69 Å². The minimum atomic E-state index is 0.0832. The number of nitrogens with one attached hydrogen (secondary N) is 1. The predicted octanol–water partition coefficient (Wildman–Crippen LogP) is 4.51. The molecule has 2 aromatic rings. The SMILES string of the molecule is CCc1ccc(NC(=O)CCSCc2ccccc2)cc1. The molecule has 0 aliphatic heterocycles. The summed E-state index contributed by atoms with van der Waals surface area (Å²) in [5, 5.41) is 2.94. The summed E-state index contributed by atoms with van der Waals surface area (Å²) in [5.74, 6) is 1.88. The number of carbonyl (C=O) groups is 1. The summed E-state index contributed by atoms with van der Waals surface area (Å²) < 4.78 is 0. The van der Waals surface area contributed by atoms with Gasteiger partial charge in [-0.2, -0.15) is 11.8 Å². The van der Waals surface area contributed by atoms with Gasteiger partial charge >= 0.3 is 0 Å². The van der Waals surface area contributed by atoms with E-state index in [4.69, 9.17) is 0 Å². The molecule has 0 atom stereocenters. The summed E-state index contributed by atoms with van der Waals surface area (Å²) >= 11 is 1.79. The Bertz CT molecular complexity index is 551. The van der Waals surface area contributed by atoms with E-state index in [1.54, 1.807) is 11.8 Å². The molecule has 21 heavy (non-hydrogen) atoms. The zero-order chi connectivity index (χ0) is 14.9. The monoisotopic (exact) mass is 299 g/mol. The summed E-state index contributed by atoms with van der Waals surface area (Å²) in [6, 6.07) is 18.4. The topological polar surface area (TPSA) is 29.1 Å². The number of rotatable bonds is 7. The molecule has 1 amide bonds. The van der Waals surface area contributed by atoms with Gasteiger partial charge in [0.15, 0.2) is 0 Å². The van der Waals surface area contributed by atoms with Crippen molar-refractivity contribution in [1.29, 1.82) is 0 Å². The van der Waals surface area contributed by atoms with E-state index in [1.807, 2.05) is 30.3 Å². The summed E-state index contributed by atoms with van der Waals surface area (Å²) in [4.78, 5) is 11.9. The van der Waals surface area contributed by atoms with Gasteiger partial charge in [-0.05, 0) is 29.7 Å². The van der Waals surface area contributed by atoms with Crippen LogP contribution in [0.5, 0.6) is 0 Å². The Morgan fingerprint density at radius 1 is 1.00 bits per heavy atom. The second-order valence-electron chi connectivity index (χ2n) is 4.89. The highest BCUT2D eigenvalue weighted by atomic mass is 32.2. The fourth-order valence-electron chi connectivity index (χ4n) is 1.98. The van der Waals surface area contributed by atoms with Crippen LogP contribution in [-0.4, -0.2) is 11.7 Å². The van der Waals surface area contributed by atoms with Crippen molar-refractivity contribution in [2.75, 3.05) is 11.1 Å². The number of benzene rings is 2. The Labute approximate surface area is 131 Å². The molecule has 2 aromatic carbocycles. The van der Waals surface area contributed by atoms with Crippen molar-refractivity contribution in [3.63, 3.8) is 0 Å². The molecular formula is C18H21NOS. The normalized spacial score (nSPS) is 10.3. The number of hydrogen-bond donors (Lipinski definition) is 1. The Balaban J connectivity index is 1.67. The van der Waals surface area contributed by atoms with Gasteiger partial charge in [-0.1, -0.05) is 49.4 Å². The molecule has 0 spiro atoms. The largest absolute Gasteiger partial charge is 0.326 e. The summed E-state index contributed by atoms with van der Waals surface area (Å²) in [6.07, 6.45) is 1.57. The lowest BCUT2D eigenvalue weighted by Crippen LogP contribution is -2.12. The van der Waals surface area contributed by atoms with Crippen molar-refractivity contribution in [3.05, 3.63) is 65.7 Å². The van der Waals surface area contributed by atoms with Crippen LogP contribution in [-0.2, 0) is 17.0 Å². The van der Waals surface area contributed by atoms with Crippen molar-refractivity contribution in [2.24, 2.45) is 0 Å². The van der Waals surface area contributed by atoms with Crippen LogP contribution < -0.4 is 5.32 Å². The number of anilines is 1. The molecule has 1 N–H and O–H groups in total. The van der Waals surface area contributed by atoms with Crippen molar-refractivity contribution < 1.29 is 4.79 Å². The van der Waals surface area contributed by atoms with E-state index in [2.05, 4.69) is 36.5 Å². The predicted molar refractivity (Wildman–Crippen MR) is 91.7 cm³/mol. The number of amides is 1. The summed E-state index contributed by atoms with van der Waals surface area (Å²) in [6.45, 7) is 2.12. The Kier molecular flexibility index (Phi) is 6.35. The highest BCUT2D eigenvalue weighted by molar-refractivity contribution is 7.98. The van der Waals surface area contributed by atoms with Crippen molar-refractivity contribution in [1.82, 2.24) is 0 Å². The second kappa shape index (κ2) is 8.53. The molecule has 2 rings (SSSR count). The van der Waals surface area contributed by atoms with E-state index in [0.29, 0.717) is 6.42 Å². The van der Waals surface area contributed by atoms with E-state index >= 15 is 0 Å². The average molecular weight is 299 g/mol. The molecule has 0 bridgehead atoms. The Hall–Kier alpha value is -1.74. The van der Waals surface area contributed by atoms with Crippen LogP contribution in [0.2, 0.25) is 0 Å². The van der Waals surface area contributed by atoms with E-state index in [9.17, 15) is 4.79 Å². The number of thioether (sulfide) groups is 1. The zero-order valence-electron chi connectivity index (χ0n) is 12.3. The van der Waals surface area contributed by atoms with Crippen LogP contribution in [0.3, 0.4) is 0 Å². The fourth-order valence-corrected chi connectivity index (χ4v) is 2.88. The van der Waals surface area contributed by atoms with E-state index in [-0.39, 0.29) is 5.91 Å². The first-order chi connectivity index (χ1) is 10.3. The summed E-state index contributed by atoms with van der Waals surface area (Å²) in [5.41, 5.74) is 3.47. The number of aryl methyl sites for hydroxylation is 1. The van der Waals surface area contributed by atoms with Crippen LogP contribution in [0.1, 0.15) is 24.5 Å². The van der Waals surface area contributed by atoms with Crippen molar-refractivity contribution >= 4 is 23.4 Å². The van der Waals surface area contributed by atoms with E-state index < -0.39 is 0 Å². The lowest BCUT2D eigenvalue weighted by atomic mass is 10.1. The van der Waals surface area contributed by atoms with Gasteiger partial charge in [0.05, 0.1) is 0 Å². The van der Waals surface area contributed by atoms with Gasteiger partial charge in [0, 0.05) is 23.6 Å². The lowest BCUT2D eigenvalue weighted by Gasteiger charge is -2.06. The first-order valence-electron chi connectivity index (χ1n) is 7.28. The molecule has 110 valence electrons. The molecule has 0 aliphatic rings. The van der Waals surface area contributed by atoms with Crippen molar-refractivity contribution in [2.45, 2.75) is 25.5 Å². The van der Waals surface area contributed by atoms with E-state index in [0.717, 1.165) is 23.6 Å². The quantitative estimate of drug-likeness (QED) is 0.762. The minimum Gasteiger partial charge on any atom is -0.326 e. The van der Waals surface area contributed by atoms with Crippen LogP contribution in [0, 0.1) is 0 Å². The van der Waals surface area contributed by atoms with Gasteiger partial charge in [0.2, 0.25) is 5.91 Å². The smallest absolute Gasteiger partial charge is 0.225 e. The third kappa shape index (κ3) is 5.64. The first-order valence-corrected chi connectivity index (χ1v) is 8.44. The van der Waals surface area contributed by atoms with Gasteiger partial charge < -0.3 is 5.32 Å². The second-order valence-corrected chi connectivity index (χ2v) is 5.99. The van der Waals surface area contributed by atoms with Gasteiger partial charge in [0.1, 0.15) is 0 Å². The molecule has 0 aliphatic carbocycles. The molecule has 0 heterocycles. The summed E-state index contributed by atoms with van der Waals surface area (Å²) in [7, 11) is 0. The van der Waals surface area contributed by atoms with Crippen LogP contribution >= 0.6 is 11.8 Å². The van der Waals surface area contributed by atoms with Crippen LogP contribution in [0.15, 0.2) is 54.6 Å². The fraction of sp³-hybridized carbons (Fsp3) is 0.278. The molecule has 0 saturated carbocycles. The van der Waals surface area contributed by atoms with Crippen molar-refractivity contribution in [3.8, 4) is 0 Å². The molecule has 3 heteroatoms. The van der Waals surface area contributed by atoms with E-state index in [1.165, 1.54) is 11.1 Å². The molecule has 0 radical (unpaired) electrons. The molecule has 0 unspecified atom stereocenters. The Morgan fingerprint density at radius 2 is 1.71 bits per heavy atom. The van der Waals surface area contributed by atoms with Crippen LogP contribution in [0.25, 0.3) is 0 Å². The molecule has 2 nitrogen and oxygen atoms in total.